The van der Waals surface area contributed by atoms with Crippen molar-refractivity contribution in [2.24, 2.45) is 0 Å². The largest absolute Gasteiger partial charge is 0.343 e. The summed E-state index contributed by atoms with van der Waals surface area (Å²) in [6.45, 7) is 0.789. The highest BCUT2D eigenvalue weighted by atomic mass is 35.5. The van der Waals surface area contributed by atoms with Crippen molar-refractivity contribution in [3.8, 4) is 0 Å². The zero-order chi connectivity index (χ0) is 18.1. The van der Waals surface area contributed by atoms with Crippen LogP contribution >= 0.6 is 11.6 Å². The molecular weight excluding hydrogens is 345 g/mol. The van der Waals surface area contributed by atoms with Crippen LogP contribution in [0.25, 0.3) is 0 Å². The van der Waals surface area contributed by atoms with Crippen LogP contribution in [0.4, 0.5) is 4.39 Å². The van der Waals surface area contributed by atoms with Gasteiger partial charge in [-0.25, -0.2) is 4.39 Å². The van der Waals surface area contributed by atoms with E-state index in [0.29, 0.717) is 36.3 Å². The van der Waals surface area contributed by atoms with Gasteiger partial charge in [-0.05, 0) is 35.7 Å². The van der Waals surface area contributed by atoms with E-state index < -0.39 is 5.82 Å². The molecule has 0 fully saturated rings. The summed E-state index contributed by atoms with van der Waals surface area (Å²) in [5.74, 6) is -0.876. The monoisotopic (exact) mass is 361 g/mol. The molecule has 2 amide bonds. The van der Waals surface area contributed by atoms with Crippen LogP contribution in [0.15, 0.2) is 30.5 Å². The van der Waals surface area contributed by atoms with Crippen molar-refractivity contribution in [3.63, 3.8) is 0 Å². The Morgan fingerprint density at radius 1 is 1.36 bits per heavy atom. The van der Waals surface area contributed by atoms with Crippen molar-refractivity contribution in [2.45, 2.75) is 13.0 Å². The van der Waals surface area contributed by atoms with E-state index in [1.54, 1.807) is 31.1 Å². The van der Waals surface area contributed by atoms with E-state index in [4.69, 9.17) is 11.6 Å². The fourth-order valence-corrected chi connectivity index (χ4v) is 3.07. The highest BCUT2D eigenvalue weighted by Gasteiger charge is 2.29. The van der Waals surface area contributed by atoms with E-state index in [2.05, 4.69) is 4.98 Å². The van der Waals surface area contributed by atoms with Gasteiger partial charge in [0.2, 0.25) is 0 Å². The molecule has 130 valence electrons. The van der Waals surface area contributed by atoms with E-state index in [0.717, 1.165) is 5.56 Å². The number of hydrogen-bond acceptors (Lipinski definition) is 3. The lowest BCUT2D eigenvalue weighted by molar-refractivity contribution is 0.0725. The molecule has 0 spiro atoms. The lowest BCUT2D eigenvalue weighted by Gasteiger charge is -2.29. The summed E-state index contributed by atoms with van der Waals surface area (Å²) in [4.78, 5) is 32.3. The van der Waals surface area contributed by atoms with Gasteiger partial charge in [0, 0.05) is 38.9 Å². The third-order valence-electron chi connectivity index (χ3n) is 4.17. The Bertz CT molecular complexity index is 854. The van der Waals surface area contributed by atoms with Crippen LogP contribution < -0.4 is 0 Å². The number of amides is 2. The second kappa shape index (κ2) is 6.80. The number of benzene rings is 1. The Morgan fingerprint density at radius 2 is 2.12 bits per heavy atom. The number of nitrogens with zero attached hydrogens (tertiary/aromatic N) is 3. The van der Waals surface area contributed by atoms with Crippen molar-refractivity contribution in [3.05, 3.63) is 63.7 Å². The highest BCUT2D eigenvalue weighted by molar-refractivity contribution is 6.30. The van der Waals surface area contributed by atoms with Crippen LogP contribution in [-0.4, -0.2) is 47.2 Å². The first-order chi connectivity index (χ1) is 11.9. The average Bonchev–Trinajstić information content (AvgIpc) is 2.59. The summed E-state index contributed by atoms with van der Waals surface area (Å²) in [6.07, 6.45) is 2.02. The Labute approximate surface area is 150 Å². The Balaban J connectivity index is 1.87. The van der Waals surface area contributed by atoms with Crippen LogP contribution in [0.3, 0.4) is 0 Å². The lowest BCUT2D eigenvalue weighted by atomic mass is 9.97. The molecule has 0 bridgehead atoms. The molecular formula is C18H17ClFN3O2. The lowest BCUT2D eigenvalue weighted by Crippen LogP contribution is -2.38. The number of aromatic nitrogens is 1. The van der Waals surface area contributed by atoms with Gasteiger partial charge in [-0.2, -0.15) is 0 Å². The zero-order valence-corrected chi connectivity index (χ0v) is 14.7. The highest BCUT2D eigenvalue weighted by Crippen LogP contribution is 2.24. The molecule has 2 aromatic rings. The average molecular weight is 362 g/mol. The summed E-state index contributed by atoms with van der Waals surface area (Å²) in [6, 6.07) is 6.05. The quantitative estimate of drug-likeness (QED) is 0.844. The molecule has 0 aliphatic carbocycles. The molecule has 1 aromatic carbocycles. The van der Waals surface area contributed by atoms with Crippen molar-refractivity contribution in [2.75, 3.05) is 20.6 Å². The molecule has 0 atom stereocenters. The normalized spacial score (nSPS) is 13.6. The molecule has 2 heterocycles. The Kier molecular flexibility index (Phi) is 4.72. The predicted molar refractivity (Wildman–Crippen MR) is 92.1 cm³/mol. The first-order valence-corrected chi connectivity index (χ1v) is 8.19. The molecule has 1 aliphatic rings. The molecule has 7 heteroatoms. The second-order valence-corrected chi connectivity index (χ2v) is 6.52. The smallest absolute Gasteiger partial charge is 0.272 e. The van der Waals surface area contributed by atoms with Gasteiger partial charge in [0.1, 0.15) is 11.5 Å². The Morgan fingerprint density at radius 3 is 2.80 bits per heavy atom. The van der Waals surface area contributed by atoms with Gasteiger partial charge in [0.25, 0.3) is 11.8 Å². The van der Waals surface area contributed by atoms with Gasteiger partial charge >= 0.3 is 0 Å². The SMILES string of the molecule is CN(C)C(=O)c1nccc2c1CCN(Cc1ccc(F)c(Cl)c1)C2=O. The van der Waals surface area contributed by atoms with Gasteiger partial charge < -0.3 is 9.80 Å². The molecule has 25 heavy (non-hydrogen) atoms. The van der Waals surface area contributed by atoms with Crippen LogP contribution in [-0.2, 0) is 13.0 Å². The van der Waals surface area contributed by atoms with Gasteiger partial charge in [-0.1, -0.05) is 17.7 Å². The molecule has 0 unspecified atom stereocenters. The van der Waals surface area contributed by atoms with Gasteiger partial charge in [0.15, 0.2) is 0 Å². The Hall–Kier alpha value is -2.47. The topological polar surface area (TPSA) is 53.5 Å². The predicted octanol–water partition coefficient (Wildman–Crippen LogP) is 2.77. The number of pyridine rings is 1. The molecule has 1 aliphatic heterocycles. The maximum atomic E-state index is 13.3. The number of halogens is 2. The van der Waals surface area contributed by atoms with Crippen LogP contribution in [0.2, 0.25) is 5.02 Å². The number of fused-ring (bicyclic) bond motifs is 1. The van der Waals surface area contributed by atoms with Crippen molar-refractivity contribution < 1.29 is 14.0 Å². The third-order valence-corrected chi connectivity index (χ3v) is 4.46. The van der Waals surface area contributed by atoms with Crippen LogP contribution in [0.5, 0.6) is 0 Å². The molecule has 1 aromatic heterocycles. The third kappa shape index (κ3) is 3.35. The molecule has 5 nitrogen and oxygen atoms in total. The van der Waals surface area contributed by atoms with Gasteiger partial charge in [-0.15, -0.1) is 0 Å². The number of carbonyl (C=O) groups is 2. The van der Waals surface area contributed by atoms with E-state index in [1.165, 1.54) is 23.2 Å². The van der Waals surface area contributed by atoms with Gasteiger partial charge in [0.05, 0.1) is 5.02 Å². The minimum Gasteiger partial charge on any atom is -0.343 e. The van der Waals surface area contributed by atoms with Crippen molar-refractivity contribution in [1.82, 2.24) is 14.8 Å². The second-order valence-electron chi connectivity index (χ2n) is 6.11. The first-order valence-electron chi connectivity index (χ1n) is 7.81. The van der Waals surface area contributed by atoms with Crippen LogP contribution in [0.1, 0.15) is 32.0 Å². The summed E-state index contributed by atoms with van der Waals surface area (Å²) in [5, 5.41) is 0.0328. The molecule has 0 radical (unpaired) electrons. The van der Waals surface area contributed by atoms with Crippen molar-refractivity contribution in [1.29, 1.82) is 0 Å². The summed E-state index contributed by atoms with van der Waals surface area (Å²) >= 11 is 5.81. The summed E-state index contributed by atoms with van der Waals surface area (Å²) < 4.78 is 13.3. The maximum absolute atomic E-state index is 13.3. The zero-order valence-electron chi connectivity index (χ0n) is 13.9. The van der Waals surface area contributed by atoms with E-state index in [1.807, 2.05) is 0 Å². The number of carbonyl (C=O) groups excluding carboxylic acids is 2. The van der Waals surface area contributed by atoms with Crippen molar-refractivity contribution >= 4 is 23.4 Å². The molecule has 0 saturated heterocycles. The minimum absolute atomic E-state index is 0.0328. The molecule has 3 rings (SSSR count). The van der Waals surface area contributed by atoms with Crippen LogP contribution in [0, 0.1) is 5.82 Å². The summed E-state index contributed by atoms with van der Waals surface area (Å²) in [5.41, 5.74) is 2.24. The number of rotatable bonds is 3. The van der Waals surface area contributed by atoms with E-state index >= 15 is 0 Å². The fourth-order valence-electron chi connectivity index (χ4n) is 2.87. The summed E-state index contributed by atoms with van der Waals surface area (Å²) in [7, 11) is 3.30. The van der Waals surface area contributed by atoms with Gasteiger partial charge in [-0.3, -0.25) is 14.6 Å². The fraction of sp³-hybridized carbons (Fsp3) is 0.278. The van der Waals surface area contributed by atoms with E-state index in [9.17, 15) is 14.0 Å². The standard InChI is InChI=1S/C18H17ClFN3O2/c1-22(2)18(25)16-12-6-8-23(17(24)13(12)5-7-21-16)10-11-3-4-15(20)14(19)9-11/h3-5,7,9H,6,8,10H2,1-2H3. The number of hydrogen-bond donors (Lipinski definition) is 0. The molecule has 0 saturated carbocycles. The molecule has 0 N–H and O–H groups in total. The minimum atomic E-state index is -0.487. The van der Waals surface area contributed by atoms with E-state index in [-0.39, 0.29) is 16.8 Å². The first kappa shape index (κ1) is 17.4. The maximum Gasteiger partial charge on any atom is 0.272 e.